The summed E-state index contributed by atoms with van der Waals surface area (Å²) in [6, 6.07) is 10.9. The number of pyridine rings is 1. The van der Waals surface area contributed by atoms with Gasteiger partial charge in [-0.25, -0.2) is 4.98 Å². The summed E-state index contributed by atoms with van der Waals surface area (Å²) < 4.78 is 45.0. The predicted octanol–water partition coefficient (Wildman–Crippen LogP) is 5.25. The van der Waals surface area contributed by atoms with Gasteiger partial charge in [-0.05, 0) is 49.2 Å². The molecule has 0 radical (unpaired) electrons. The molecule has 4 aromatic rings. The molecule has 0 atom stereocenters. The molecule has 154 valence electrons. The van der Waals surface area contributed by atoms with Crippen molar-refractivity contribution in [2.75, 3.05) is 0 Å². The van der Waals surface area contributed by atoms with Crippen molar-refractivity contribution in [2.24, 2.45) is 0 Å². The van der Waals surface area contributed by atoms with Gasteiger partial charge in [0, 0.05) is 23.1 Å². The van der Waals surface area contributed by atoms with Crippen LogP contribution in [0.1, 0.15) is 34.3 Å². The Bertz CT molecular complexity index is 1280. The van der Waals surface area contributed by atoms with Gasteiger partial charge in [0.15, 0.2) is 0 Å². The summed E-state index contributed by atoms with van der Waals surface area (Å²) >= 11 is 0.630. The Kier molecular flexibility index (Phi) is 4.43. The van der Waals surface area contributed by atoms with E-state index in [0.29, 0.717) is 33.6 Å². The molecule has 1 aliphatic rings. The molecule has 3 aromatic heterocycles. The van der Waals surface area contributed by atoms with Crippen molar-refractivity contribution in [3.63, 3.8) is 0 Å². The largest absolute Gasteiger partial charge is 0.488 e. The normalized spacial score (nSPS) is 14.4. The van der Waals surface area contributed by atoms with Crippen molar-refractivity contribution in [1.29, 1.82) is 0 Å². The van der Waals surface area contributed by atoms with Crippen molar-refractivity contribution >= 4 is 22.4 Å². The van der Waals surface area contributed by atoms with E-state index < -0.39 is 11.1 Å². The maximum absolute atomic E-state index is 12.7. The molecule has 5 nitrogen and oxygen atoms in total. The average molecular weight is 431 g/mol. The topological polar surface area (TPSA) is 59.9 Å². The molecule has 3 heterocycles. The maximum Gasteiger partial charge on any atom is 0.425 e. The summed E-state index contributed by atoms with van der Waals surface area (Å²) in [6.07, 6.45) is -0.474. The number of rotatable bonds is 5. The number of fused-ring (bicyclic) bond motifs is 1. The molecule has 1 fully saturated rings. The zero-order valence-electron chi connectivity index (χ0n) is 15.6. The van der Waals surface area contributed by atoms with E-state index in [1.807, 2.05) is 18.2 Å². The van der Waals surface area contributed by atoms with Gasteiger partial charge in [-0.15, -0.1) is 11.3 Å². The molecule has 5 rings (SSSR count). The monoisotopic (exact) mass is 431 g/mol. The first-order valence-corrected chi connectivity index (χ1v) is 10.2. The van der Waals surface area contributed by atoms with Crippen molar-refractivity contribution in [3.05, 3.63) is 74.6 Å². The van der Waals surface area contributed by atoms with Crippen LogP contribution >= 0.6 is 11.3 Å². The lowest BCUT2D eigenvalue weighted by molar-refractivity contribution is -0.134. The van der Waals surface area contributed by atoms with E-state index in [9.17, 15) is 18.0 Å². The number of nitrogens with zero attached hydrogens (tertiary/aromatic N) is 2. The smallest absolute Gasteiger partial charge is 0.425 e. The summed E-state index contributed by atoms with van der Waals surface area (Å²) in [4.78, 5) is 20.2. The molecule has 0 aliphatic heterocycles. The van der Waals surface area contributed by atoms with Crippen LogP contribution in [0.3, 0.4) is 0 Å². The molecule has 0 saturated heterocycles. The molecule has 1 N–H and O–H groups in total. The number of H-pyrrole nitrogens is 1. The fraction of sp³-hybridized carbons (Fsp3) is 0.238. The predicted molar refractivity (Wildman–Crippen MR) is 107 cm³/mol. The van der Waals surface area contributed by atoms with Gasteiger partial charge in [-0.2, -0.15) is 13.2 Å². The first-order chi connectivity index (χ1) is 14.4. The van der Waals surface area contributed by atoms with E-state index in [4.69, 9.17) is 4.74 Å². The molecule has 0 spiro atoms. The third-order valence-electron chi connectivity index (χ3n) is 4.94. The van der Waals surface area contributed by atoms with Crippen LogP contribution in [0, 0.1) is 0 Å². The number of hydrogen-bond acceptors (Lipinski definition) is 4. The third kappa shape index (κ3) is 3.72. The average Bonchev–Trinajstić information content (AvgIpc) is 3.27. The van der Waals surface area contributed by atoms with Gasteiger partial charge in [-0.1, -0.05) is 0 Å². The molecule has 0 bridgehead atoms. The minimum Gasteiger partial charge on any atom is -0.488 e. The Labute approximate surface area is 172 Å². The Hall–Kier alpha value is -3.07. The SMILES string of the molecule is O=c1cc(OCc2ccc(C(F)(F)F)s2)ccn1-c1ccc2nc(C3CC3)[nH]c2c1. The van der Waals surface area contributed by atoms with Crippen LogP contribution in [0.5, 0.6) is 5.75 Å². The van der Waals surface area contributed by atoms with E-state index in [1.165, 1.54) is 16.7 Å². The lowest BCUT2D eigenvalue weighted by Crippen LogP contribution is -2.16. The fourth-order valence-electron chi connectivity index (χ4n) is 3.24. The number of thiophene rings is 1. The highest BCUT2D eigenvalue weighted by Gasteiger charge is 2.32. The zero-order chi connectivity index (χ0) is 20.9. The van der Waals surface area contributed by atoms with Crippen LogP contribution in [-0.2, 0) is 12.8 Å². The Morgan fingerprint density at radius 2 is 2.00 bits per heavy atom. The standard InChI is InChI=1S/C21H16F3N3O2S/c22-21(23,24)18-6-4-15(30-18)11-29-14-7-8-27(19(28)10-14)13-3-5-16-17(9-13)26-20(25-16)12-1-2-12/h3-10,12H,1-2,11H2,(H,25,26). The highest BCUT2D eigenvalue weighted by molar-refractivity contribution is 7.12. The van der Waals surface area contributed by atoms with Crippen LogP contribution in [-0.4, -0.2) is 14.5 Å². The number of nitrogens with one attached hydrogen (secondary N) is 1. The van der Waals surface area contributed by atoms with Gasteiger partial charge in [0.2, 0.25) is 0 Å². The van der Waals surface area contributed by atoms with Crippen molar-refractivity contribution in [1.82, 2.24) is 14.5 Å². The second-order valence-electron chi connectivity index (χ2n) is 7.22. The minimum absolute atomic E-state index is 0.0335. The number of alkyl halides is 3. The number of benzene rings is 1. The van der Waals surface area contributed by atoms with E-state index in [-0.39, 0.29) is 12.2 Å². The Morgan fingerprint density at radius 3 is 2.70 bits per heavy atom. The lowest BCUT2D eigenvalue weighted by Gasteiger charge is -2.08. The van der Waals surface area contributed by atoms with Crippen molar-refractivity contribution in [3.8, 4) is 11.4 Å². The van der Waals surface area contributed by atoms with Crippen LogP contribution < -0.4 is 10.3 Å². The van der Waals surface area contributed by atoms with Gasteiger partial charge in [0.25, 0.3) is 5.56 Å². The number of halogens is 3. The molecule has 1 aromatic carbocycles. The summed E-state index contributed by atoms with van der Waals surface area (Å²) in [5, 5.41) is 0. The molecule has 1 aliphatic carbocycles. The quantitative estimate of drug-likeness (QED) is 0.470. The van der Waals surface area contributed by atoms with E-state index in [0.717, 1.165) is 35.8 Å². The Balaban J connectivity index is 1.33. The molecular formula is C21H16F3N3O2S. The highest BCUT2D eigenvalue weighted by Crippen LogP contribution is 2.39. The van der Waals surface area contributed by atoms with E-state index in [1.54, 1.807) is 12.3 Å². The summed E-state index contributed by atoms with van der Waals surface area (Å²) in [6.45, 7) is -0.0335. The number of imidazole rings is 1. The molecule has 30 heavy (non-hydrogen) atoms. The van der Waals surface area contributed by atoms with Gasteiger partial charge < -0.3 is 9.72 Å². The van der Waals surface area contributed by atoms with Crippen LogP contribution in [0.25, 0.3) is 16.7 Å². The van der Waals surface area contributed by atoms with Gasteiger partial charge in [0.05, 0.1) is 16.7 Å². The molecule has 1 saturated carbocycles. The van der Waals surface area contributed by atoms with Crippen LogP contribution in [0.2, 0.25) is 0 Å². The van der Waals surface area contributed by atoms with Crippen LogP contribution in [0.15, 0.2) is 53.5 Å². The molecule has 0 amide bonds. The highest BCUT2D eigenvalue weighted by atomic mass is 32.1. The van der Waals surface area contributed by atoms with Crippen molar-refractivity contribution < 1.29 is 17.9 Å². The summed E-state index contributed by atoms with van der Waals surface area (Å²) in [5.41, 5.74) is 2.14. The first-order valence-electron chi connectivity index (χ1n) is 9.38. The minimum atomic E-state index is -4.36. The molecule has 9 heteroatoms. The van der Waals surface area contributed by atoms with E-state index in [2.05, 4.69) is 9.97 Å². The van der Waals surface area contributed by atoms with Crippen LogP contribution in [0.4, 0.5) is 13.2 Å². The van der Waals surface area contributed by atoms with Gasteiger partial charge in [0.1, 0.15) is 23.1 Å². The first kappa shape index (κ1) is 18.9. The fourth-order valence-corrected chi connectivity index (χ4v) is 4.03. The molecular weight excluding hydrogens is 415 g/mol. The van der Waals surface area contributed by atoms with E-state index >= 15 is 0 Å². The Morgan fingerprint density at radius 1 is 1.17 bits per heavy atom. The lowest BCUT2D eigenvalue weighted by atomic mass is 10.2. The zero-order valence-corrected chi connectivity index (χ0v) is 16.4. The maximum atomic E-state index is 12.7. The van der Waals surface area contributed by atoms with Gasteiger partial charge in [-0.3, -0.25) is 9.36 Å². The number of aromatic amines is 1. The molecule has 0 unspecified atom stereocenters. The summed E-state index contributed by atoms with van der Waals surface area (Å²) in [5.74, 6) is 1.80. The second kappa shape index (κ2) is 7.02. The van der Waals surface area contributed by atoms with Gasteiger partial charge >= 0.3 is 6.18 Å². The second-order valence-corrected chi connectivity index (χ2v) is 8.39. The summed E-state index contributed by atoms with van der Waals surface area (Å²) in [7, 11) is 0. The number of ether oxygens (including phenoxy) is 1. The van der Waals surface area contributed by atoms with Crippen molar-refractivity contribution in [2.45, 2.75) is 31.5 Å². The third-order valence-corrected chi connectivity index (χ3v) is 6.04. The number of aromatic nitrogens is 3. The number of hydrogen-bond donors (Lipinski definition) is 1.